The molecule has 4 heteroatoms. The van der Waals surface area contributed by atoms with E-state index in [1.165, 1.54) is 23.4 Å². The molecular weight excluding hydrogens is 288 g/mol. The van der Waals surface area contributed by atoms with Crippen molar-refractivity contribution in [1.82, 2.24) is 5.32 Å². The lowest BCUT2D eigenvalue weighted by atomic mass is 10.1. The van der Waals surface area contributed by atoms with Gasteiger partial charge in [-0.2, -0.15) is 11.8 Å². The van der Waals surface area contributed by atoms with E-state index < -0.39 is 0 Å². The molecule has 0 heterocycles. The zero-order chi connectivity index (χ0) is 15.0. The quantitative estimate of drug-likeness (QED) is 0.679. The Labute approximate surface area is 133 Å². The third-order valence-electron chi connectivity index (χ3n) is 3.56. The molecule has 1 aromatic rings. The highest BCUT2D eigenvalue weighted by Crippen LogP contribution is 2.26. The minimum Gasteiger partial charge on any atom is -0.372 e. The zero-order valence-electron chi connectivity index (χ0n) is 13.1. The summed E-state index contributed by atoms with van der Waals surface area (Å²) >= 11 is 8.05. The van der Waals surface area contributed by atoms with Gasteiger partial charge < -0.3 is 10.2 Å². The molecule has 0 bridgehead atoms. The van der Waals surface area contributed by atoms with Gasteiger partial charge in [0.25, 0.3) is 0 Å². The Balaban J connectivity index is 2.80. The molecule has 0 aromatic heterocycles. The molecule has 0 amide bonds. The number of benzene rings is 1. The van der Waals surface area contributed by atoms with Gasteiger partial charge in [-0.25, -0.2) is 0 Å². The van der Waals surface area contributed by atoms with Gasteiger partial charge in [-0.1, -0.05) is 18.5 Å². The third kappa shape index (κ3) is 5.55. The molecule has 0 saturated carbocycles. The highest BCUT2D eigenvalue weighted by Gasteiger charge is 2.13. The summed E-state index contributed by atoms with van der Waals surface area (Å²) in [4.78, 5) is 2.37. The van der Waals surface area contributed by atoms with Crippen LogP contribution in [0, 0.1) is 0 Å². The van der Waals surface area contributed by atoms with E-state index in [9.17, 15) is 0 Å². The summed E-state index contributed by atoms with van der Waals surface area (Å²) in [6.07, 6.45) is 4.51. The Hall–Kier alpha value is -0.380. The number of halogens is 1. The fraction of sp³-hybridized carbons (Fsp3) is 0.625. The Morgan fingerprint density at radius 1 is 1.40 bits per heavy atom. The molecule has 0 radical (unpaired) electrons. The summed E-state index contributed by atoms with van der Waals surface area (Å²) in [7, 11) is 2.18. The monoisotopic (exact) mass is 314 g/mol. The highest BCUT2D eigenvalue weighted by atomic mass is 35.5. The van der Waals surface area contributed by atoms with Gasteiger partial charge in [0, 0.05) is 30.3 Å². The van der Waals surface area contributed by atoms with Crippen molar-refractivity contribution in [3.63, 3.8) is 0 Å². The Kier molecular flexibility index (Phi) is 8.43. The lowest BCUT2D eigenvalue weighted by Crippen LogP contribution is -2.30. The van der Waals surface area contributed by atoms with E-state index in [0.717, 1.165) is 24.5 Å². The second kappa shape index (κ2) is 9.54. The van der Waals surface area contributed by atoms with Crippen LogP contribution in [0.25, 0.3) is 0 Å². The third-order valence-corrected chi connectivity index (χ3v) is 4.44. The number of hydrogen-bond acceptors (Lipinski definition) is 3. The fourth-order valence-electron chi connectivity index (χ4n) is 2.16. The maximum atomic E-state index is 6.15. The molecule has 1 N–H and O–H groups in total. The van der Waals surface area contributed by atoms with Crippen LogP contribution in [0.15, 0.2) is 18.2 Å². The highest BCUT2D eigenvalue weighted by molar-refractivity contribution is 7.98. The Morgan fingerprint density at radius 3 is 2.80 bits per heavy atom. The average molecular weight is 315 g/mol. The van der Waals surface area contributed by atoms with Crippen LogP contribution in [0.4, 0.5) is 5.69 Å². The summed E-state index contributed by atoms with van der Waals surface area (Å²) in [5.41, 5.74) is 2.57. The van der Waals surface area contributed by atoms with Crippen molar-refractivity contribution in [2.75, 3.05) is 30.5 Å². The number of hydrogen-bond donors (Lipinski definition) is 1. The largest absolute Gasteiger partial charge is 0.372 e. The SMILES string of the molecule is CCCNCc1cc(Cl)ccc1N(C)C(C)CCSC. The summed E-state index contributed by atoms with van der Waals surface area (Å²) < 4.78 is 0. The molecule has 0 aliphatic heterocycles. The van der Waals surface area contributed by atoms with Gasteiger partial charge in [0.1, 0.15) is 0 Å². The molecule has 1 aromatic carbocycles. The molecule has 0 saturated heterocycles. The van der Waals surface area contributed by atoms with Gasteiger partial charge >= 0.3 is 0 Å². The maximum Gasteiger partial charge on any atom is 0.0412 e. The van der Waals surface area contributed by atoms with Crippen LogP contribution in [0.3, 0.4) is 0 Å². The normalized spacial score (nSPS) is 12.4. The van der Waals surface area contributed by atoms with Gasteiger partial charge in [-0.05, 0) is 62.1 Å². The van der Waals surface area contributed by atoms with E-state index in [0.29, 0.717) is 6.04 Å². The molecule has 114 valence electrons. The number of nitrogens with one attached hydrogen (secondary N) is 1. The molecular formula is C16H27ClN2S. The van der Waals surface area contributed by atoms with Crippen molar-refractivity contribution in [2.45, 2.75) is 39.3 Å². The van der Waals surface area contributed by atoms with Crippen molar-refractivity contribution in [2.24, 2.45) is 0 Å². The molecule has 0 aliphatic carbocycles. The predicted molar refractivity (Wildman–Crippen MR) is 94.3 cm³/mol. The van der Waals surface area contributed by atoms with Crippen molar-refractivity contribution in [1.29, 1.82) is 0 Å². The predicted octanol–water partition coefficient (Wildman–Crippen LogP) is 4.42. The van der Waals surface area contributed by atoms with Gasteiger partial charge in [-0.3, -0.25) is 0 Å². The molecule has 2 nitrogen and oxygen atoms in total. The number of anilines is 1. The number of thioether (sulfide) groups is 1. The first-order valence-electron chi connectivity index (χ1n) is 7.31. The van der Waals surface area contributed by atoms with E-state index in [1.807, 2.05) is 17.8 Å². The summed E-state index contributed by atoms with van der Waals surface area (Å²) in [5, 5.41) is 4.28. The molecule has 0 aliphatic rings. The van der Waals surface area contributed by atoms with Gasteiger partial charge in [0.15, 0.2) is 0 Å². The molecule has 0 spiro atoms. The van der Waals surface area contributed by atoms with E-state index in [1.54, 1.807) is 0 Å². The van der Waals surface area contributed by atoms with Crippen LogP contribution in [0.1, 0.15) is 32.3 Å². The minimum atomic E-state index is 0.536. The van der Waals surface area contributed by atoms with Gasteiger partial charge in [0.2, 0.25) is 0 Å². The summed E-state index contributed by atoms with van der Waals surface area (Å²) in [6.45, 7) is 6.39. The molecule has 1 unspecified atom stereocenters. The second-order valence-corrected chi connectivity index (χ2v) is 6.61. The molecule has 1 atom stereocenters. The summed E-state index contributed by atoms with van der Waals surface area (Å²) in [5.74, 6) is 1.20. The van der Waals surface area contributed by atoms with Crippen LogP contribution in [-0.4, -0.2) is 31.6 Å². The smallest absolute Gasteiger partial charge is 0.0412 e. The van der Waals surface area contributed by atoms with Crippen LogP contribution in [-0.2, 0) is 6.54 Å². The first kappa shape index (κ1) is 17.7. The fourth-order valence-corrected chi connectivity index (χ4v) is 2.93. The lowest BCUT2D eigenvalue weighted by molar-refractivity contribution is 0.650. The average Bonchev–Trinajstić information content (AvgIpc) is 2.44. The van der Waals surface area contributed by atoms with Crippen LogP contribution < -0.4 is 10.2 Å². The number of nitrogens with zero attached hydrogens (tertiary/aromatic N) is 1. The zero-order valence-corrected chi connectivity index (χ0v) is 14.7. The van der Waals surface area contributed by atoms with E-state index in [4.69, 9.17) is 11.6 Å². The number of rotatable bonds is 9. The molecule has 20 heavy (non-hydrogen) atoms. The Bertz CT molecular complexity index is 398. The first-order valence-corrected chi connectivity index (χ1v) is 9.08. The molecule has 1 rings (SSSR count). The minimum absolute atomic E-state index is 0.536. The van der Waals surface area contributed by atoms with E-state index >= 15 is 0 Å². The van der Waals surface area contributed by atoms with Gasteiger partial charge in [-0.15, -0.1) is 0 Å². The topological polar surface area (TPSA) is 15.3 Å². The summed E-state index contributed by atoms with van der Waals surface area (Å²) in [6, 6.07) is 6.74. The first-order chi connectivity index (χ1) is 9.60. The van der Waals surface area contributed by atoms with Crippen molar-refractivity contribution >= 4 is 29.1 Å². The molecule has 0 fully saturated rings. The van der Waals surface area contributed by atoms with Crippen molar-refractivity contribution in [3.8, 4) is 0 Å². The van der Waals surface area contributed by atoms with E-state index in [2.05, 4.69) is 49.5 Å². The van der Waals surface area contributed by atoms with Crippen molar-refractivity contribution in [3.05, 3.63) is 28.8 Å². The van der Waals surface area contributed by atoms with E-state index in [-0.39, 0.29) is 0 Å². The maximum absolute atomic E-state index is 6.15. The van der Waals surface area contributed by atoms with Crippen LogP contribution in [0.2, 0.25) is 5.02 Å². The van der Waals surface area contributed by atoms with Gasteiger partial charge in [0.05, 0.1) is 0 Å². The van der Waals surface area contributed by atoms with Crippen LogP contribution in [0.5, 0.6) is 0 Å². The second-order valence-electron chi connectivity index (χ2n) is 5.19. The van der Waals surface area contributed by atoms with Crippen molar-refractivity contribution < 1.29 is 0 Å². The standard InChI is InChI=1S/C16H27ClN2S/c1-5-9-18-12-14-11-15(17)6-7-16(14)19(3)13(2)8-10-20-4/h6-7,11,13,18H,5,8-10,12H2,1-4H3. The van der Waals surface area contributed by atoms with Crippen LogP contribution >= 0.6 is 23.4 Å². The lowest BCUT2D eigenvalue weighted by Gasteiger charge is -2.29. The Morgan fingerprint density at radius 2 is 2.15 bits per heavy atom.